The predicted molar refractivity (Wildman–Crippen MR) is 191 cm³/mol. The molecule has 0 radical (unpaired) electrons. The molecular weight excluding hydrogens is 728 g/mol. The second kappa shape index (κ2) is 12.5. The molecule has 53 heavy (non-hydrogen) atoms. The third-order valence-corrected chi connectivity index (χ3v) is 12.2. The molecule has 3 fully saturated rings. The zero-order valence-corrected chi connectivity index (χ0v) is 29.0. The number of rotatable bonds is 7. The summed E-state index contributed by atoms with van der Waals surface area (Å²) in [5.74, 6) is -7.65. The number of carbonyl (C=O) groups excluding carboxylic acids is 4. The number of phenols is 1. The number of hydrogen-bond donors (Lipinski definition) is 1. The molecule has 268 valence electrons. The van der Waals surface area contributed by atoms with Crippen LogP contribution in [0.3, 0.4) is 0 Å². The maximum Gasteiger partial charge on any atom is 0.269 e. The second-order valence-corrected chi connectivity index (χ2v) is 14.8. The molecule has 0 bridgehead atoms. The Bertz CT molecular complexity index is 2250. The van der Waals surface area contributed by atoms with Crippen LogP contribution in [-0.4, -0.2) is 43.4 Å². The van der Waals surface area contributed by atoms with Crippen LogP contribution in [-0.2, 0) is 25.8 Å². The van der Waals surface area contributed by atoms with Crippen molar-refractivity contribution in [3.8, 4) is 11.5 Å². The number of halogens is 3. The molecular formula is C39H28Cl2FN3O8. The summed E-state index contributed by atoms with van der Waals surface area (Å²) in [5.41, 5.74) is 1.40. The van der Waals surface area contributed by atoms with Crippen molar-refractivity contribution in [3.63, 3.8) is 0 Å². The number of nitrogens with zero attached hydrogens (tertiary/aromatic N) is 3. The lowest BCUT2D eigenvalue weighted by Crippen LogP contribution is -2.60. The van der Waals surface area contributed by atoms with E-state index in [1.54, 1.807) is 12.1 Å². The normalized spacial score (nSPS) is 27.6. The molecule has 11 nitrogen and oxygen atoms in total. The molecule has 2 aliphatic carbocycles. The third-order valence-electron chi connectivity index (χ3n) is 10.8. The van der Waals surface area contributed by atoms with E-state index in [0.717, 1.165) is 27.5 Å². The number of hydrogen-bond acceptors (Lipinski definition) is 8. The summed E-state index contributed by atoms with van der Waals surface area (Å²) in [4.78, 5) is 65.3. The first-order valence-electron chi connectivity index (χ1n) is 16.7. The van der Waals surface area contributed by atoms with Gasteiger partial charge in [0, 0.05) is 29.7 Å². The summed E-state index contributed by atoms with van der Waals surface area (Å²) in [6.07, 6.45) is 1.46. The van der Waals surface area contributed by atoms with Crippen LogP contribution in [0.2, 0.25) is 0 Å². The first-order valence-corrected chi connectivity index (χ1v) is 17.4. The number of ether oxygens (including phenoxy) is 1. The lowest BCUT2D eigenvalue weighted by atomic mass is 9.56. The van der Waals surface area contributed by atoms with E-state index in [0.29, 0.717) is 11.3 Å². The van der Waals surface area contributed by atoms with Gasteiger partial charge in [0.1, 0.15) is 23.9 Å². The van der Waals surface area contributed by atoms with Gasteiger partial charge >= 0.3 is 0 Å². The number of anilines is 2. The summed E-state index contributed by atoms with van der Waals surface area (Å²) < 4.78 is 19.9. The predicted octanol–water partition coefficient (Wildman–Crippen LogP) is 6.79. The Hall–Kier alpha value is -5.59. The Labute approximate surface area is 311 Å². The number of amides is 4. The molecule has 14 heteroatoms. The van der Waals surface area contributed by atoms with Gasteiger partial charge in [0.05, 0.1) is 28.1 Å². The first-order chi connectivity index (χ1) is 25.3. The van der Waals surface area contributed by atoms with Crippen molar-refractivity contribution in [1.82, 2.24) is 0 Å². The van der Waals surface area contributed by atoms with E-state index in [9.17, 15) is 38.8 Å². The number of imide groups is 2. The molecule has 1 saturated carbocycles. The topological polar surface area (TPSA) is 147 Å². The van der Waals surface area contributed by atoms with E-state index < -0.39 is 67.8 Å². The molecule has 0 aromatic heterocycles. The number of non-ortho nitro benzene ring substituents is 1. The van der Waals surface area contributed by atoms with Crippen LogP contribution in [0.4, 0.5) is 21.5 Å². The van der Waals surface area contributed by atoms with Crippen molar-refractivity contribution in [1.29, 1.82) is 0 Å². The average Bonchev–Trinajstić information content (AvgIpc) is 3.49. The van der Waals surface area contributed by atoms with Gasteiger partial charge in [-0.3, -0.25) is 34.2 Å². The molecule has 4 amide bonds. The van der Waals surface area contributed by atoms with Gasteiger partial charge in [0.15, 0.2) is 9.75 Å². The van der Waals surface area contributed by atoms with Crippen molar-refractivity contribution >= 4 is 63.9 Å². The molecule has 4 aromatic carbocycles. The van der Waals surface area contributed by atoms with Gasteiger partial charge in [-0.2, -0.15) is 0 Å². The van der Waals surface area contributed by atoms with Gasteiger partial charge in [-0.15, -0.1) is 23.2 Å². The van der Waals surface area contributed by atoms with Crippen LogP contribution in [0, 0.1) is 33.7 Å². The fourth-order valence-electron chi connectivity index (χ4n) is 8.32. The largest absolute Gasteiger partial charge is 0.508 e. The highest BCUT2D eigenvalue weighted by Crippen LogP contribution is 2.66. The first kappa shape index (κ1) is 34.5. The number of aromatic hydroxyl groups is 1. The average molecular weight is 757 g/mol. The van der Waals surface area contributed by atoms with E-state index in [-0.39, 0.29) is 47.8 Å². The highest BCUT2D eigenvalue weighted by Gasteiger charge is 2.77. The van der Waals surface area contributed by atoms with Crippen molar-refractivity contribution in [2.75, 3.05) is 9.80 Å². The van der Waals surface area contributed by atoms with E-state index >= 15 is 0 Å². The van der Waals surface area contributed by atoms with Crippen LogP contribution in [0.1, 0.15) is 29.9 Å². The third kappa shape index (κ3) is 5.14. The molecule has 2 heterocycles. The van der Waals surface area contributed by atoms with Gasteiger partial charge in [-0.1, -0.05) is 48.0 Å². The van der Waals surface area contributed by atoms with Gasteiger partial charge in [0.25, 0.3) is 17.5 Å². The highest BCUT2D eigenvalue weighted by molar-refractivity contribution is 6.58. The highest BCUT2D eigenvalue weighted by atomic mass is 35.5. The number of alkyl halides is 2. The Balaban J connectivity index is 1.23. The zero-order chi connectivity index (χ0) is 37.4. The molecule has 2 saturated heterocycles. The maximum absolute atomic E-state index is 14.6. The van der Waals surface area contributed by atoms with Crippen LogP contribution in [0.15, 0.2) is 109 Å². The summed E-state index contributed by atoms with van der Waals surface area (Å²) in [5, 5.41) is 22.9. The Morgan fingerprint density at radius 1 is 0.849 bits per heavy atom. The van der Waals surface area contributed by atoms with Crippen molar-refractivity contribution in [2.45, 2.75) is 35.1 Å². The number of nitro groups is 1. The zero-order valence-electron chi connectivity index (χ0n) is 27.5. The summed E-state index contributed by atoms with van der Waals surface area (Å²) in [7, 11) is 0. The van der Waals surface area contributed by atoms with Crippen LogP contribution >= 0.6 is 23.2 Å². The fourth-order valence-corrected chi connectivity index (χ4v) is 9.25. The van der Waals surface area contributed by atoms with Gasteiger partial charge in [-0.05, 0) is 66.8 Å². The number of nitro benzene ring substituents is 1. The molecule has 0 spiro atoms. The quantitative estimate of drug-likeness (QED) is 0.0714. The van der Waals surface area contributed by atoms with Crippen LogP contribution < -0.4 is 14.5 Å². The lowest BCUT2D eigenvalue weighted by Gasteiger charge is -2.50. The Morgan fingerprint density at radius 3 is 2.17 bits per heavy atom. The summed E-state index contributed by atoms with van der Waals surface area (Å²) >= 11 is 14.8. The molecule has 4 aromatic rings. The second-order valence-electron chi connectivity index (χ2n) is 13.5. The smallest absolute Gasteiger partial charge is 0.269 e. The fraction of sp³-hybridized carbons (Fsp3) is 0.231. The molecule has 8 rings (SSSR count). The number of phenolic OH excluding ortho intramolecular Hbond substituents is 1. The number of allylic oxidation sites excluding steroid dienone is 2. The van der Waals surface area contributed by atoms with E-state index in [1.165, 1.54) is 48.5 Å². The Kier molecular flexibility index (Phi) is 8.15. The monoisotopic (exact) mass is 755 g/mol. The molecule has 6 atom stereocenters. The number of fused-ring (bicyclic) bond motifs is 4. The molecule has 1 N–H and O–H groups in total. The lowest BCUT2D eigenvalue weighted by molar-refractivity contribution is -0.384. The van der Waals surface area contributed by atoms with Crippen molar-refractivity contribution < 1.29 is 38.3 Å². The Morgan fingerprint density at radius 2 is 1.51 bits per heavy atom. The van der Waals surface area contributed by atoms with E-state index in [1.807, 2.05) is 30.3 Å². The summed E-state index contributed by atoms with van der Waals surface area (Å²) in [6.45, 7) is 0.199. The van der Waals surface area contributed by atoms with Gasteiger partial charge in [0.2, 0.25) is 11.8 Å². The standard InChI is InChI=1S/C39H28Cl2FN3O8/c40-38-19-30-27(16-17-29-32(30)35(48)43(34(29)47)23-10-12-25(13-11-23)45(51)52)33(28-15-14-26(18-31(28)46)53-20-21-4-2-1-3-5-21)39(38,41)37(50)44(36(38)49)24-8-6-22(42)7-9-24/h1-16,18,29-30,32-33,46H,17,19-20H2/t29-,30+,32-,33+,38+,39-/m0/s1. The number of carbonyl (C=O) groups is 4. The van der Waals surface area contributed by atoms with Crippen LogP contribution in [0.5, 0.6) is 11.5 Å². The molecule has 0 unspecified atom stereocenters. The van der Waals surface area contributed by atoms with Crippen molar-refractivity contribution in [3.05, 3.63) is 136 Å². The molecule has 4 aliphatic rings. The number of benzene rings is 4. The SMILES string of the molecule is O=C1[C@H]2[C@H](CC=C3[C@H]2C[C@@]2(Cl)C(=O)N(c4ccc(F)cc4)C(=O)[C@@]2(Cl)[C@H]3c2ccc(OCc3ccccc3)cc2O)C(=O)N1c1ccc([N+](=O)[O-])cc1. The van der Waals surface area contributed by atoms with Gasteiger partial charge in [-0.25, -0.2) is 9.29 Å². The van der Waals surface area contributed by atoms with Gasteiger partial charge < -0.3 is 9.84 Å². The van der Waals surface area contributed by atoms with Crippen LogP contribution in [0.25, 0.3) is 0 Å². The van der Waals surface area contributed by atoms with E-state index in [2.05, 4.69) is 0 Å². The minimum Gasteiger partial charge on any atom is -0.508 e. The minimum absolute atomic E-state index is 0.0229. The maximum atomic E-state index is 14.6. The van der Waals surface area contributed by atoms with Crippen molar-refractivity contribution in [2.24, 2.45) is 17.8 Å². The minimum atomic E-state index is -2.25. The summed E-state index contributed by atoms with van der Waals surface area (Å²) in [6, 6.07) is 23.5. The van der Waals surface area contributed by atoms with E-state index in [4.69, 9.17) is 27.9 Å². The molecule has 2 aliphatic heterocycles.